The van der Waals surface area contributed by atoms with Gasteiger partial charge in [0.25, 0.3) is 0 Å². The summed E-state index contributed by atoms with van der Waals surface area (Å²) in [4.78, 5) is 12.8. The van der Waals surface area contributed by atoms with Crippen LogP contribution in [0.3, 0.4) is 0 Å². The van der Waals surface area contributed by atoms with Crippen LogP contribution < -0.4 is 0 Å². The highest BCUT2D eigenvalue weighted by molar-refractivity contribution is 9.10. The minimum Gasteiger partial charge on any atom is -0.481 e. The molecular weight excluding hydrogens is 294 g/mol. The van der Waals surface area contributed by atoms with Crippen molar-refractivity contribution in [3.8, 4) is 0 Å². The van der Waals surface area contributed by atoms with Crippen LogP contribution in [0.4, 0.5) is 0 Å². The van der Waals surface area contributed by atoms with E-state index >= 15 is 0 Å². The van der Waals surface area contributed by atoms with Gasteiger partial charge in [-0.2, -0.15) is 0 Å². The summed E-state index contributed by atoms with van der Waals surface area (Å²) >= 11 is 3.42. The fourth-order valence-corrected chi connectivity index (χ4v) is 2.28. The van der Waals surface area contributed by atoms with Crippen molar-refractivity contribution in [2.45, 2.75) is 32.7 Å². The van der Waals surface area contributed by atoms with E-state index in [0.29, 0.717) is 12.6 Å². The average molecular weight is 314 g/mol. The van der Waals surface area contributed by atoms with Crippen LogP contribution in [-0.4, -0.2) is 35.1 Å². The first-order chi connectivity index (χ1) is 8.52. The molecule has 0 saturated heterocycles. The van der Waals surface area contributed by atoms with Gasteiger partial charge < -0.3 is 10.0 Å². The Hall–Kier alpha value is -0.870. The Morgan fingerprint density at radius 3 is 2.50 bits per heavy atom. The van der Waals surface area contributed by atoms with Gasteiger partial charge in [-0.1, -0.05) is 35.0 Å². The smallest absolute Gasteiger partial charge is 0.304 e. The Morgan fingerprint density at radius 1 is 1.39 bits per heavy atom. The second-order valence-electron chi connectivity index (χ2n) is 4.45. The van der Waals surface area contributed by atoms with Gasteiger partial charge in [0.15, 0.2) is 0 Å². The standard InChI is InChI=1S/C14H20BrNO2/c1-3-16(9-8-14(17)18)11(2)10-12-4-6-13(15)7-5-12/h4-7,11H,3,8-10H2,1-2H3,(H,17,18). The summed E-state index contributed by atoms with van der Waals surface area (Å²) in [5.74, 6) is -0.732. The molecule has 0 spiro atoms. The minimum absolute atomic E-state index is 0.207. The zero-order chi connectivity index (χ0) is 13.5. The summed E-state index contributed by atoms with van der Waals surface area (Å²) in [6.07, 6.45) is 1.15. The van der Waals surface area contributed by atoms with Crippen molar-refractivity contribution in [1.29, 1.82) is 0 Å². The van der Waals surface area contributed by atoms with E-state index in [-0.39, 0.29) is 6.42 Å². The van der Waals surface area contributed by atoms with Gasteiger partial charge in [0.1, 0.15) is 0 Å². The van der Waals surface area contributed by atoms with Crippen LogP contribution in [0.1, 0.15) is 25.8 Å². The lowest BCUT2D eigenvalue weighted by molar-refractivity contribution is -0.137. The highest BCUT2D eigenvalue weighted by atomic mass is 79.9. The fourth-order valence-electron chi connectivity index (χ4n) is 2.02. The van der Waals surface area contributed by atoms with E-state index in [0.717, 1.165) is 17.4 Å². The maximum Gasteiger partial charge on any atom is 0.304 e. The highest BCUT2D eigenvalue weighted by Crippen LogP contribution is 2.14. The Kier molecular flexibility index (Phi) is 6.36. The third-order valence-electron chi connectivity index (χ3n) is 3.09. The minimum atomic E-state index is -0.732. The summed E-state index contributed by atoms with van der Waals surface area (Å²) in [7, 11) is 0. The first-order valence-electron chi connectivity index (χ1n) is 6.23. The Balaban J connectivity index is 2.53. The van der Waals surface area contributed by atoms with Crippen LogP contribution in [0.5, 0.6) is 0 Å². The summed E-state index contributed by atoms with van der Waals surface area (Å²) in [6, 6.07) is 8.64. The predicted molar refractivity (Wildman–Crippen MR) is 76.8 cm³/mol. The number of carboxylic acid groups (broad SMARTS) is 1. The van der Waals surface area contributed by atoms with Crippen molar-refractivity contribution >= 4 is 21.9 Å². The normalized spacial score (nSPS) is 12.7. The van der Waals surface area contributed by atoms with E-state index in [1.807, 2.05) is 12.1 Å². The molecule has 0 aromatic heterocycles. The fraction of sp³-hybridized carbons (Fsp3) is 0.500. The molecule has 1 rings (SSSR count). The van der Waals surface area contributed by atoms with E-state index in [9.17, 15) is 4.79 Å². The number of carboxylic acids is 1. The molecule has 0 bridgehead atoms. The van der Waals surface area contributed by atoms with Gasteiger partial charge in [-0.05, 0) is 37.6 Å². The summed E-state index contributed by atoms with van der Waals surface area (Å²) in [6.45, 7) is 5.71. The molecule has 4 heteroatoms. The van der Waals surface area contributed by atoms with Gasteiger partial charge in [-0.15, -0.1) is 0 Å². The molecule has 0 amide bonds. The summed E-state index contributed by atoms with van der Waals surface area (Å²) in [5, 5.41) is 8.73. The zero-order valence-electron chi connectivity index (χ0n) is 10.9. The third kappa shape index (κ3) is 5.19. The number of rotatable bonds is 7. The van der Waals surface area contributed by atoms with Crippen LogP contribution in [-0.2, 0) is 11.2 Å². The molecule has 3 nitrogen and oxygen atoms in total. The van der Waals surface area contributed by atoms with Crippen LogP contribution in [0.25, 0.3) is 0 Å². The van der Waals surface area contributed by atoms with Crippen molar-refractivity contribution in [2.24, 2.45) is 0 Å². The molecule has 18 heavy (non-hydrogen) atoms. The second kappa shape index (κ2) is 7.54. The van der Waals surface area contributed by atoms with E-state index in [1.54, 1.807) is 0 Å². The monoisotopic (exact) mass is 313 g/mol. The van der Waals surface area contributed by atoms with Gasteiger partial charge in [-0.3, -0.25) is 4.79 Å². The van der Waals surface area contributed by atoms with Crippen molar-refractivity contribution < 1.29 is 9.90 Å². The van der Waals surface area contributed by atoms with Gasteiger partial charge in [0.2, 0.25) is 0 Å². The third-order valence-corrected chi connectivity index (χ3v) is 3.62. The SMILES string of the molecule is CCN(CCC(=O)O)C(C)Cc1ccc(Br)cc1. The molecule has 100 valence electrons. The van der Waals surface area contributed by atoms with Crippen molar-refractivity contribution in [1.82, 2.24) is 4.90 Å². The molecule has 0 saturated carbocycles. The van der Waals surface area contributed by atoms with Crippen LogP contribution in [0.15, 0.2) is 28.7 Å². The number of aliphatic carboxylic acids is 1. The maximum atomic E-state index is 10.6. The van der Waals surface area contributed by atoms with E-state index in [4.69, 9.17) is 5.11 Å². The van der Waals surface area contributed by atoms with Crippen molar-refractivity contribution in [3.63, 3.8) is 0 Å². The molecule has 0 aliphatic heterocycles. The van der Waals surface area contributed by atoms with Gasteiger partial charge in [0, 0.05) is 17.1 Å². The molecule has 0 radical (unpaired) electrons. The number of benzene rings is 1. The number of hydrogen-bond donors (Lipinski definition) is 1. The molecule has 1 N–H and O–H groups in total. The number of nitrogens with zero attached hydrogens (tertiary/aromatic N) is 1. The lowest BCUT2D eigenvalue weighted by atomic mass is 10.1. The molecule has 0 heterocycles. The van der Waals surface area contributed by atoms with E-state index < -0.39 is 5.97 Å². The predicted octanol–water partition coefficient (Wildman–Crippen LogP) is 3.18. The summed E-state index contributed by atoms with van der Waals surface area (Å²) in [5.41, 5.74) is 1.28. The molecule has 1 aromatic rings. The highest BCUT2D eigenvalue weighted by Gasteiger charge is 2.13. The maximum absolute atomic E-state index is 10.6. The topological polar surface area (TPSA) is 40.5 Å². The van der Waals surface area contributed by atoms with Crippen LogP contribution in [0, 0.1) is 0 Å². The van der Waals surface area contributed by atoms with Crippen molar-refractivity contribution in [3.05, 3.63) is 34.3 Å². The molecule has 1 unspecified atom stereocenters. The zero-order valence-corrected chi connectivity index (χ0v) is 12.5. The molecule has 1 atom stereocenters. The molecule has 0 fully saturated rings. The Bertz CT molecular complexity index is 378. The molecule has 1 aromatic carbocycles. The number of likely N-dealkylation sites (N-methyl/N-ethyl adjacent to an activating group) is 1. The first kappa shape index (κ1) is 15.2. The van der Waals surface area contributed by atoms with Gasteiger partial charge in [-0.25, -0.2) is 0 Å². The quantitative estimate of drug-likeness (QED) is 0.840. The van der Waals surface area contributed by atoms with E-state index in [2.05, 4.69) is 46.8 Å². The first-order valence-corrected chi connectivity index (χ1v) is 7.02. The van der Waals surface area contributed by atoms with E-state index in [1.165, 1.54) is 5.56 Å². The van der Waals surface area contributed by atoms with Crippen molar-refractivity contribution in [2.75, 3.05) is 13.1 Å². The number of hydrogen-bond acceptors (Lipinski definition) is 2. The second-order valence-corrected chi connectivity index (χ2v) is 5.37. The van der Waals surface area contributed by atoms with Gasteiger partial charge in [0.05, 0.1) is 6.42 Å². The largest absolute Gasteiger partial charge is 0.481 e. The molecule has 0 aliphatic carbocycles. The summed E-state index contributed by atoms with van der Waals surface area (Å²) < 4.78 is 1.08. The van der Waals surface area contributed by atoms with Crippen LogP contribution in [0.2, 0.25) is 0 Å². The number of halogens is 1. The van der Waals surface area contributed by atoms with Gasteiger partial charge >= 0.3 is 5.97 Å². The average Bonchev–Trinajstić information content (AvgIpc) is 2.32. The molecule has 0 aliphatic rings. The lowest BCUT2D eigenvalue weighted by Crippen LogP contribution is -2.36. The lowest BCUT2D eigenvalue weighted by Gasteiger charge is -2.27. The van der Waals surface area contributed by atoms with Crippen LogP contribution >= 0.6 is 15.9 Å². The Labute approximate surface area is 117 Å². The molecular formula is C14H20BrNO2. The number of carbonyl (C=O) groups is 1. The Morgan fingerprint density at radius 2 is 2.00 bits per heavy atom.